The van der Waals surface area contributed by atoms with Gasteiger partial charge in [0.1, 0.15) is 5.82 Å². The van der Waals surface area contributed by atoms with Crippen molar-refractivity contribution in [1.29, 1.82) is 0 Å². The lowest BCUT2D eigenvalue weighted by molar-refractivity contribution is 0.308. The number of rotatable bonds is 3. The van der Waals surface area contributed by atoms with Crippen molar-refractivity contribution in [3.8, 4) is 0 Å². The zero-order valence-corrected chi connectivity index (χ0v) is 15.1. The molecule has 1 aromatic heterocycles. The molecule has 0 unspecified atom stereocenters. The topological polar surface area (TPSA) is 66.4 Å². The van der Waals surface area contributed by atoms with E-state index in [-0.39, 0.29) is 5.92 Å². The maximum absolute atomic E-state index is 12.8. The summed E-state index contributed by atoms with van der Waals surface area (Å²) >= 11 is 0. The molecule has 2 aliphatic heterocycles. The summed E-state index contributed by atoms with van der Waals surface area (Å²) in [6, 6.07) is 8.63. The van der Waals surface area contributed by atoms with Crippen LogP contribution in [0.5, 0.6) is 0 Å². The summed E-state index contributed by atoms with van der Waals surface area (Å²) in [7, 11) is -1.34. The zero-order valence-electron chi connectivity index (χ0n) is 14.3. The molecule has 2 aliphatic rings. The van der Waals surface area contributed by atoms with Gasteiger partial charge in [-0.2, -0.15) is 4.31 Å². The molecule has 0 aliphatic carbocycles. The SMILES string of the molecule is CN1CCc2nc([C@H]3CCN(S(=O)(=O)c4ccccc4)C3)ncc2C1. The summed E-state index contributed by atoms with van der Waals surface area (Å²) in [6.45, 7) is 2.86. The molecular weight excluding hydrogens is 336 g/mol. The molecule has 4 rings (SSSR count). The van der Waals surface area contributed by atoms with E-state index in [2.05, 4.69) is 16.9 Å². The molecule has 6 nitrogen and oxygen atoms in total. The van der Waals surface area contributed by atoms with Crippen molar-refractivity contribution in [3.05, 3.63) is 53.6 Å². The number of benzene rings is 1. The molecule has 0 saturated carbocycles. The third kappa shape index (κ3) is 3.19. The highest BCUT2D eigenvalue weighted by molar-refractivity contribution is 7.89. The zero-order chi connectivity index (χ0) is 17.4. The summed E-state index contributed by atoms with van der Waals surface area (Å²) in [5.41, 5.74) is 2.30. The summed E-state index contributed by atoms with van der Waals surface area (Å²) in [4.78, 5) is 11.9. The van der Waals surface area contributed by atoms with E-state index in [0.717, 1.165) is 37.4 Å². The van der Waals surface area contributed by atoms with Gasteiger partial charge in [0, 0.05) is 56.0 Å². The standard InChI is InChI=1S/C18H22N4O2S/c1-21-9-8-17-15(12-21)11-19-18(20-17)14-7-10-22(13-14)25(23,24)16-5-3-2-4-6-16/h2-6,11,14H,7-10,12-13H2,1H3/t14-/m0/s1. The molecule has 1 saturated heterocycles. The van der Waals surface area contributed by atoms with Gasteiger partial charge in [0.25, 0.3) is 0 Å². The fraction of sp³-hybridized carbons (Fsp3) is 0.444. The van der Waals surface area contributed by atoms with Gasteiger partial charge < -0.3 is 4.90 Å². The van der Waals surface area contributed by atoms with Gasteiger partial charge in [0.15, 0.2) is 0 Å². The van der Waals surface area contributed by atoms with Gasteiger partial charge in [-0.1, -0.05) is 18.2 Å². The Morgan fingerprint density at radius 1 is 1.16 bits per heavy atom. The van der Waals surface area contributed by atoms with Gasteiger partial charge >= 0.3 is 0 Å². The average molecular weight is 358 g/mol. The van der Waals surface area contributed by atoms with Crippen LogP contribution in [0.25, 0.3) is 0 Å². The van der Waals surface area contributed by atoms with Gasteiger partial charge in [-0.25, -0.2) is 18.4 Å². The first-order valence-corrected chi connectivity index (χ1v) is 10.1. The van der Waals surface area contributed by atoms with Crippen molar-refractivity contribution in [2.24, 2.45) is 0 Å². The number of nitrogens with zero attached hydrogens (tertiary/aromatic N) is 4. The molecule has 2 aromatic rings. The minimum atomic E-state index is -3.43. The van der Waals surface area contributed by atoms with Gasteiger partial charge in [-0.15, -0.1) is 0 Å². The highest BCUT2D eigenvalue weighted by Gasteiger charge is 2.34. The van der Waals surface area contributed by atoms with Crippen LogP contribution < -0.4 is 0 Å². The van der Waals surface area contributed by atoms with Crippen molar-refractivity contribution < 1.29 is 8.42 Å². The molecule has 132 valence electrons. The van der Waals surface area contributed by atoms with Crippen LogP contribution in [0.1, 0.15) is 29.4 Å². The summed E-state index contributed by atoms with van der Waals surface area (Å²) in [6.07, 6.45) is 3.62. The predicted octanol–water partition coefficient (Wildman–Crippen LogP) is 1.64. The maximum atomic E-state index is 12.8. The Morgan fingerprint density at radius 2 is 1.96 bits per heavy atom. The fourth-order valence-corrected chi connectivity index (χ4v) is 5.09. The smallest absolute Gasteiger partial charge is 0.243 e. The second kappa shape index (κ2) is 6.48. The van der Waals surface area contributed by atoms with Crippen LogP contribution in [0.15, 0.2) is 41.4 Å². The third-order valence-corrected chi connectivity index (χ3v) is 6.92. The van der Waals surface area contributed by atoms with Crippen LogP contribution in [-0.4, -0.2) is 54.3 Å². The maximum Gasteiger partial charge on any atom is 0.243 e. The summed E-state index contributed by atoms with van der Waals surface area (Å²) < 4.78 is 27.1. The van der Waals surface area contributed by atoms with Crippen LogP contribution in [0, 0.1) is 0 Å². The molecule has 0 radical (unpaired) electrons. The molecule has 0 spiro atoms. The van der Waals surface area contributed by atoms with E-state index in [9.17, 15) is 8.42 Å². The molecule has 1 atom stereocenters. The number of hydrogen-bond acceptors (Lipinski definition) is 5. The predicted molar refractivity (Wildman–Crippen MR) is 94.6 cm³/mol. The monoisotopic (exact) mass is 358 g/mol. The first-order chi connectivity index (χ1) is 12.0. The molecule has 1 aromatic carbocycles. The van der Waals surface area contributed by atoms with Gasteiger partial charge in [0.05, 0.1) is 4.90 Å². The van der Waals surface area contributed by atoms with Gasteiger partial charge in [-0.3, -0.25) is 0 Å². The van der Waals surface area contributed by atoms with Crippen molar-refractivity contribution in [2.45, 2.75) is 30.2 Å². The van der Waals surface area contributed by atoms with Crippen LogP contribution >= 0.6 is 0 Å². The first-order valence-electron chi connectivity index (χ1n) is 8.62. The normalized spacial score (nSPS) is 22.0. The van der Waals surface area contributed by atoms with Crippen molar-refractivity contribution in [2.75, 3.05) is 26.7 Å². The second-order valence-electron chi connectivity index (χ2n) is 6.85. The van der Waals surface area contributed by atoms with Crippen LogP contribution in [0.4, 0.5) is 0 Å². The molecule has 3 heterocycles. The van der Waals surface area contributed by atoms with Crippen molar-refractivity contribution in [1.82, 2.24) is 19.2 Å². The molecule has 0 amide bonds. The second-order valence-corrected chi connectivity index (χ2v) is 8.79. The summed E-state index contributed by atoms with van der Waals surface area (Å²) in [5, 5.41) is 0. The van der Waals surface area contributed by atoms with E-state index >= 15 is 0 Å². The highest BCUT2D eigenvalue weighted by Crippen LogP contribution is 2.30. The molecule has 7 heteroatoms. The number of sulfonamides is 1. The number of likely N-dealkylation sites (N-methyl/N-ethyl adjacent to an activating group) is 1. The minimum absolute atomic E-state index is 0.0726. The van der Waals surface area contributed by atoms with E-state index in [1.54, 1.807) is 28.6 Å². The largest absolute Gasteiger partial charge is 0.302 e. The van der Waals surface area contributed by atoms with E-state index in [1.807, 2.05) is 12.3 Å². The summed E-state index contributed by atoms with van der Waals surface area (Å²) in [5.74, 6) is 0.859. The Kier molecular flexibility index (Phi) is 4.31. The average Bonchev–Trinajstić information content (AvgIpc) is 3.13. The third-order valence-electron chi connectivity index (χ3n) is 5.04. The van der Waals surface area contributed by atoms with E-state index in [4.69, 9.17) is 4.98 Å². The lowest BCUT2D eigenvalue weighted by Crippen LogP contribution is -2.29. The van der Waals surface area contributed by atoms with Crippen LogP contribution in [0.2, 0.25) is 0 Å². The Bertz CT molecular complexity index is 870. The van der Waals surface area contributed by atoms with E-state index in [1.165, 1.54) is 5.56 Å². The Labute approximate surface area is 148 Å². The van der Waals surface area contributed by atoms with E-state index < -0.39 is 10.0 Å². The Balaban J connectivity index is 1.53. The fourth-order valence-electron chi connectivity index (χ4n) is 3.57. The van der Waals surface area contributed by atoms with Crippen molar-refractivity contribution >= 4 is 10.0 Å². The Morgan fingerprint density at radius 3 is 2.76 bits per heavy atom. The van der Waals surface area contributed by atoms with Gasteiger partial charge in [0.2, 0.25) is 10.0 Å². The number of aromatic nitrogens is 2. The number of hydrogen-bond donors (Lipinski definition) is 0. The number of fused-ring (bicyclic) bond motifs is 1. The quantitative estimate of drug-likeness (QED) is 0.835. The first kappa shape index (κ1) is 16.6. The minimum Gasteiger partial charge on any atom is -0.302 e. The molecule has 1 fully saturated rings. The molecule has 0 bridgehead atoms. The highest BCUT2D eigenvalue weighted by atomic mass is 32.2. The Hall–Kier alpha value is -1.83. The molecular formula is C18H22N4O2S. The lowest BCUT2D eigenvalue weighted by Gasteiger charge is -2.24. The molecule has 25 heavy (non-hydrogen) atoms. The van der Waals surface area contributed by atoms with E-state index in [0.29, 0.717) is 18.0 Å². The van der Waals surface area contributed by atoms with Crippen molar-refractivity contribution in [3.63, 3.8) is 0 Å². The van der Waals surface area contributed by atoms with Crippen LogP contribution in [-0.2, 0) is 23.0 Å². The van der Waals surface area contributed by atoms with Crippen LogP contribution in [0.3, 0.4) is 0 Å². The molecule has 0 N–H and O–H groups in total. The lowest BCUT2D eigenvalue weighted by atomic mass is 10.1. The van der Waals surface area contributed by atoms with Gasteiger partial charge in [-0.05, 0) is 25.6 Å².